The summed E-state index contributed by atoms with van der Waals surface area (Å²) in [5, 5.41) is 10.9. The third-order valence-corrected chi connectivity index (χ3v) is 6.79. The number of fused-ring (bicyclic) bond motifs is 2. The number of pyridine rings is 2. The zero-order valence-corrected chi connectivity index (χ0v) is 20.2. The highest BCUT2D eigenvalue weighted by molar-refractivity contribution is 7.15. The first-order chi connectivity index (χ1) is 17.0. The molecule has 0 aliphatic heterocycles. The van der Waals surface area contributed by atoms with E-state index in [0.29, 0.717) is 28.0 Å². The fourth-order valence-electron chi connectivity index (χ4n) is 4.25. The maximum Gasteiger partial charge on any atom is 0.161 e. The Morgan fingerprint density at radius 1 is 1.03 bits per heavy atom. The molecule has 6 aromatic rings. The molecule has 1 aromatic carbocycles. The average molecular weight is 484 g/mol. The van der Waals surface area contributed by atoms with Crippen LogP contribution in [0.4, 0.5) is 10.1 Å². The van der Waals surface area contributed by atoms with Crippen molar-refractivity contribution in [1.82, 2.24) is 30.1 Å². The van der Waals surface area contributed by atoms with Gasteiger partial charge in [-0.2, -0.15) is 5.10 Å². The first kappa shape index (κ1) is 21.4. The predicted octanol–water partition coefficient (Wildman–Crippen LogP) is 6.56. The van der Waals surface area contributed by atoms with E-state index in [1.54, 1.807) is 29.9 Å². The molecule has 6 rings (SSSR count). The predicted molar refractivity (Wildman–Crippen MR) is 139 cm³/mol. The van der Waals surface area contributed by atoms with Gasteiger partial charge in [0, 0.05) is 39.3 Å². The van der Waals surface area contributed by atoms with Gasteiger partial charge in [-0.05, 0) is 45.0 Å². The van der Waals surface area contributed by atoms with E-state index in [9.17, 15) is 0 Å². The van der Waals surface area contributed by atoms with E-state index in [4.69, 9.17) is 4.98 Å². The molecule has 0 aliphatic carbocycles. The van der Waals surface area contributed by atoms with E-state index in [-0.39, 0.29) is 11.7 Å². The number of thiophene rings is 1. The van der Waals surface area contributed by atoms with Gasteiger partial charge in [-0.1, -0.05) is 12.1 Å². The largest absolute Gasteiger partial charge is 0.382 e. The average Bonchev–Trinajstić information content (AvgIpc) is 3.56. The fraction of sp³-hybridized carbons (Fsp3) is 0.154. The summed E-state index contributed by atoms with van der Waals surface area (Å²) in [6, 6.07) is 12.3. The summed E-state index contributed by atoms with van der Waals surface area (Å²) in [7, 11) is 0. The van der Waals surface area contributed by atoms with Gasteiger partial charge in [0.25, 0.3) is 0 Å². The molecule has 0 unspecified atom stereocenters. The van der Waals surface area contributed by atoms with Crippen molar-refractivity contribution >= 4 is 39.0 Å². The lowest BCUT2D eigenvalue weighted by molar-refractivity contribution is 0.638. The number of imidazole rings is 1. The van der Waals surface area contributed by atoms with Crippen LogP contribution in [0.5, 0.6) is 0 Å². The van der Waals surface area contributed by atoms with Gasteiger partial charge in [-0.15, -0.1) is 11.3 Å². The fourth-order valence-corrected chi connectivity index (χ4v) is 5.15. The molecule has 0 fully saturated rings. The van der Waals surface area contributed by atoms with Crippen molar-refractivity contribution in [2.75, 3.05) is 5.32 Å². The quantitative estimate of drug-likeness (QED) is 0.258. The second kappa shape index (κ2) is 8.28. The van der Waals surface area contributed by atoms with Crippen LogP contribution in [0, 0.1) is 12.7 Å². The Hall–Kier alpha value is -4.11. The highest BCUT2D eigenvalue weighted by Gasteiger charge is 2.21. The van der Waals surface area contributed by atoms with E-state index < -0.39 is 5.82 Å². The molecule has 3 N–H and O–H groups in total. The maximum atomic E-state index is 15.9. The summed E-state index contributed by atoms with van der Waals surface area (Å²) < 4.78 is 15.9. The monoisotopic (exact) mass is 483 g/mol. The van der Waals surface area contributed by atoms with Crippen LogP contribution >= 0.6 is 11.3 Å². The number of para-hydroxylation sites is 1. The Morgan fingerprint density at radius 2 is 1.91 bits per heavy atom. The van der Waals surface area contributed by atoms with Crippen LogP contribution < -0.4 is 5.32 Å². The minimum atomic E-state index is -0.468. The van der Waals surface area contributed by atoms with Crippen molar-refractivity contribution in [2.45, 2.75) is 26.8 Å². The number of aromatic amines is 2. The Balaban J connectivity index is 1.49. The second-order valence-corrected chi connectivity index (χ2v) is 10.0. The molecule has 174 valence electrons. The molecular formula is C26H22FN7S. The number of hydrogen-bond donors (Lipinski definition) is 3. The molecule has 0 spiro atoms. The lowest BCUT2D eigenvalue weighted by atomic mass is 10.1. The zero-order valence-electron chi connectivity index (χ0n) is 19.3. The number of hydrogen-bond acceptors (Lipinski definition) is 6. The number of H-pyrrole nitrogens is 2. The van der Waals surface area contributed by atoms with Crippen molar-refractivity contribution in [1.29, 1.82) is 0 Å². The number of aryl methyl sites for hydroxylation is 1. The van der Waals surface area contributed by atoms with Crippen molar-refractivity contribution in [3.63, 3.8) is 0 Å². The molecule has 0 bridgehead atoms. The third-order valence-electron chi connectivity index (χ3n) is 5.75. The molecule has 0 amide bonds. The van der Waals surface area contributed by atoms with E-state index in [2.05, 4.69) is 55.6 Å². The Morgan fingerprint density at radius 3 is 2.71 bits per heavy atom. The van der Waals surface area contributed by atoms with Crippen LogP contribution in [0.1, 0.15) is 18.7 Å². The summed E-state index contributed by atoms with van der Waals surface area (Å²) in [6.45, 7) is 6.15. The van der Waals surface area contributed by atoms with Crippen molar-refractivity contribution < 1.29 is 4.39 Å². The summed E-state index contributed by atoms with van der Waals surface area (Å²) in [5.74, 6) is 0.0284. The van der Waals surface area contributed by atoms with Crippen molar-refractivity contribution in [2.24, 2.45) is 0 Å². The zero-order chi connectivity index (χ0) is 24.1. The first-order valence-corrected chi connectivity index (χ1v) is 12.1. The Bertz CT molecular complexity index is 1700. The van der Waals surface area contributed by atoms with Crippen molar-refractivity contribution in [3.8, 4) is 33.2 Å². The van der Waals surface area contributed by atoms with Crippen LogP contribution in [0.25, 0.3) is 55.2 Å². The van der Waals surface area contributed by atoms with Gasteiger partial charge >= 0.3 is 0 Å². The van der Waals surface area contributed by atoms with Gasteiger partial charge in [0.15, 0.2) is 11.6 Å². The van der Waals surface area contributed by atoms with Gasteiger partial charge in [0.2, 0.25) is 0 Å². The number of benzene rings is 1. The highest BCUT2D eigenvalue weighted by atomic mass is 32.1. The molecule has 0 aliphatic rings. The van der Waals surface area contributed by atoms with Crippen LogP contribution in [0.3, 0.4) is 0 Å². The highest BCUT2D eigenvalue weighted by Crippen LogP contribution is 2.36. The lowest BCUT2D eigenvalue weighted by Crippen LogP contribution is -2.09. The molecule has 0 atom stereocenters. The summed E-state index contributed by atoms with van der Waals surface area (Å²) >= 11 is 1.72. The minimum Gasteiger partial charge on any atom is -0.382 e. The van der Waals surface area contributed by atoms with Crippen LogP contribution in [-0.4, -0.2) is 36.2 Å². The van der Waals surface area contributed by atoms with Crippen LogP contribution in [-0.2, 0) is 0 Å². The first-order valence-electron chi connectivity index (χ1n) is 11.3. The van der Waals surface area contributed by atoms with E-state index in [0.717, 1.165) is 27.2 Å². The maximum absolute atomic E-state index is 15.9. The summed E-state index contributed by atoms with van der Waals surface area (Å²) in [5.41, 5.74) is 5.24. The number of aromatic nitrogens is 6. The standard InChI is InChI=1S/C26H22FN7S/c1-13(2)30-16-9-15(10-28-11-16)23-22(27)21-19(12-29-23)33-34-25(21)26-31-18-6-4-5-17(24(18)32-26)20-8-7-14(3)35-20/h4-13,30H,1-3H3,(H,31,32)(H,33,34). The SMILES string of the molecule is Cc1ccc(-c2cccc3[nH]c(-c4n[nH]c5cnc(-c6cncc(NC(C)C)c6)c(F)c45)nc23)s1. The smallest absolute Gasteiger partial charge is 0.161 e. The number of rotatable bonds is 5. The lowest BCUT2D eigenvalue weighted by Gasteiger charge is -2.11. The van der Waals surface area contributed by atoms with Crippen LogP contribution in [0.2, 0.25) is 0 Å². The van der Waals surface area contributed by atoms with Crippen molar-refractivity contribution in [3.05, 3.63) is 65.7 Å². The molecule has 7 nitrogen and oxygen atoms in total. The van der Waals surface area contributed by atoms with Gasteiger partial charge in [0.1, 0.15) is 11.4 Å². The molecule has 0 saturated carbocycles. The van der Waals surface area contributed by atoms with E-state index in [1.165, 1.54) is 4.88 Å². The number of nitrogens with zero attached hydrogens (tertiary/aromatic N) is 4. The molecule has 0 saturated heterocycles. The normalized spacial score (nSPS) is 11.7. The van der Waals surface area contributed by atoms with E-state index >= 15 is 4.39 Å². The van der Waals surface area contributed by atoms with Gasteiger partial charge < -0.3 is 10.3 Å². The topological polar surface area (TPSA) is 95.2 Å². The molecule has 0 radical (unpaired) electrons. The molecule has 5 aromatic heterocycles. The second-order valence-electron chi connectivity index (χ2n) is 8.74. The van der Waals surface area contributed by atoms with Gasteiger partial charge in [-0.3, -0.25) is 15.1 Å². The molecule has 9 heteroatoms. The molecule has 35 heavy (non-hydrogen) atoms. The molecule has 5 heterocycles. The summed E-state index contributed by atoms with van der Waals surface area (Å²) in [6.07, 6.45) is 4.92. The number of anilines is 1. The third kappa shape index (κ3) is 3.74. The van der Waals surface area contributed by atoms with Gasteiger partial charge in [0.05, 0.1) is 33.8 Å². The molecular weight excluding hydrogens is 461 g/mol. The number of halogens is 1. The minimum absolute atomic E-state index is 0.214. The Kier molecular flexibility index (Phi) is 5.07. The van der Waals surface area contributed by atoms with Crippen LogP contribution in [0.15, 0.2) is 55.0 Å². The number of nitrogens with one attached hydrogen (secondary N) is 3. The summed E-state index contributed by atoms with van der Waals surface area (Å²) in [4.78, 5) is 19.2. The van der Waals surface area contributed by atoms with Gasteiger partial charge in [-0.25, -0.2) is 9.37 Å². The Labute approximate surface area is 204 Å². The van der Waals surface area contributed by atoms with E-state index in [1.807, 2.05) is 32.0 Å².